The summed E-state index contributed by atoms with van der Waals surface area (Å²) in [6, 6.07) is 5.67. The predicted molar refractivity (Wildman–Crippen MR) is 90.7 cm³/mol. The van der Waals surface area contributed by atoms with E-state index < -0.39 is 5.97 Å². The van der Waals surface area contributed by atoms with Crippen molar-refractivity contribution in [3.63, 3.8) is 0 Å². The normalized spacial score (nSPS) is 14.6. The molecule has 0 aliphatic carbocycles. The number of hydrogen-bond acceptors (Lipinski definition) is 7. The third kappa shape index (κ3) is 4.64. The van der Waals surface area contributed by atoms with Crippen LogP contribution in [0.5, 0.6) is 11.5 Å². The van der Waals surface area contributed by atoms with E-state index in [1.165, 1.54) is 21.3 Å². The number of hydrogen-bond donors (Lipinski definition) is 0. The van der Waals surface area contributed by atoms with Crippen molar-refractivity contribution < 1.29 is 23.7 Å². The lowest BCUT2D eigenvalue weighted by atomic mass is 10.0. The first kappa shape index (κ1) is 18.6. The minimum atomic E-state index is -0.537. The Kier molecular flexibility index (Phi) is 6.66. The second kappa shape index (κ2) is 8.94. The van der Waals surface area contributed by atoms with Gasteiger partial charge in [-0.2, -0.15) is 5.26 Å². The van der Waals surface area contributed by atoms with Crippen LogP contribution in [-0.2, 0) is 15.9 Å². The van der Waals surface area contributed by atoms with Crippen molar-refractivity contribution in [1.82, 2.24) is 4.90 Å². The number of morpholine rings is 1. The zero-order chi connectivity index (χ0) is 18.2. The number of nitrogens with zero attached hydrogens (tertiary/aromatic N) is 2. The van der Waals surface area contributed by atoms with E-state index in [0.29, 0.717) is 36.7 Å². The molecule has 1 heterocycles. The molecule has 2 rings (SSSR count). The van der Waals surface area contributed by atoms with Crippen LogP contribution >= 0.6 is 0 Å². The van der Waals surface area contributed by atoms with E-state index in [2.05, 4.69) is 11.0 Å². The monoisotopic (exact) mass is 346 g/mol. The molecule has 7 heteroatoms. The fraction of sp³-hybridized carbons (Fsp3) is 0.444. The van der Waals surface area contributed by atoms with E-state index in [-0.39, 0.29) is 5.56 Å². The topological polar surface area (TPSA) is 81.0 Å². The largest absolute Gasteiger partial charge is 0.496 e. The van der Waals surface area contributed by atoms with Crippen LogP contribution in [0.1, 0.15) is 15.9 Å². The quantitative estimate of drug-likeness (QED) is 0.573. The lowest BCUT2D eigenvalue weighted by Gasteiger charge is -2.25. The van der Waals surface area contributed by atoms with Gasteiger partial charge in [0.15, 0.2) is 0 Å². The zero-order valence-corrected chi connectivity index (χ0v) is 14.7. The average Bonchev–Trinajstić information content (AvgIpc) is 2.66. The molecule has 0 unspecified atom stereocenters. The molecule has 1 aliphatic heterocycles. The van der Waals surface area contributed by atoms with Crippen LogP contribution in [0, 0.1) is 11.3 Å². The van der Waals surface area contributed by atoms with Gasteiger partial charge in [-0.1, -0.05) is 0 Å². The van der Waals surface area contributed by atoms with Crippen LogP contribution in [-0.4, -0.2) is 58.5 Å². The van der Waals surface area contributed by atoms with E-state index >= 15 is 0 Å². The van der Waals surface area contributed by atoms with Gasteiger partial charge in [-0.15, -0.1) is 0 Å². The highest BCUT2D eigenvalue weighted by atomic mass is 16.5. The Morgan fingerprint density at radius 3 is 2.32 bits per heavy atom. The molecule has 0 bridgehead atoms. The molecule has 0 aromatic heterocycles. The van der Waals surface area contributed by atoms with Crippen molar-refractivity contribution >= 4 is 5.97 Å². The number of esters is 1. The minimum Gasteiger partial charge on any atom is -0.496 e. The number of nitriles is 1. The molecular weight excluding hydrogens is 324 g/mol. The van der Waals surface area contributed by atoms with Gasteiger partial charge in [-0.05, 0) is 17.7 Å². The highest BCUT2D eigenvalue weighted by Gasteiger charge is 2.21. The van der Waals surface area contributed by atoms with Crippen LogP contribution in [0.15, 0.2) is 23.9 Å². The van der Waals surface area contributed by atoms with Crippen LogP contribution in [0.2, 0.25) is 0 Å². The maximum atomic E-state index is 12.0. The van der Waals surface area contributed by atoms with Crippen LogP contribution in [0.25, 0.3) is 0 Å². The molecule has 7 nitrogen and oxygen atoms in total. The molecular formula is C18H22N2O5. The van der Waals surface area contributed by atoms with Crippen LogP contribution < -0.4 is 9.47 Å². The van der Waals surface area contributed by atoms with Gasteiger partial charge >= 0.3 is 5.97 Å². The van der Waals surface area contributed by atoms with Gasteiger partial charge in [0.1, 0.15) is 17.1 Å². The predicted octanol–water partition coefficient (Wildman–Crippen LogP) is 1.77. The Balaban J connectivity index is 2.30. The summed E-state index contributed by atoms with van der Waals surface area (Å²) in [7, 11) is 4.24. The number of carbonyl (C=O) groups excluding carboxylic acids is 1. The molecule has 0 radical (unpaired) electrons. The van der Waals surface area contributed by atoms with E-state index in [1.807, 2.05) is 6.20 Å². The first-order chi connectivity index (χ1) is 12.1. The van der Waals surface area contributed by atoms with Gasteiger partial charge in [0.05, 0.1) is 40.6 Å². The Morgan fingerprint density at radius 2 is 1.84 bits per heavy atom. The molecule has 1 aliphatic rings. The maximum Gasteiger partial charge on any atom is 0.345 e. The number of allylic oxidation sites excluding steroid dienone is 1. The second-order valence-electron chi connectivity index (χ2n) is 5.46. The fourth-order valence-corrected chi connectivity index (χ4v) is 2.63. The SMILES string of the molecule is COC(=O)c1c(OC)cc(CC(C#N)=CN2CCOCC2)cc1OC. The molecule has 1 fully saturated rings. The van der Waals surface area contributed by atoms with Gasteiger partial charge in [-0.3, -0.25) is 0 Å². The first-order valence-corrected chi connectivity index (χ1v) is 7.88. The summed E-state index contributed by atoms with van der Waals surface area (Å²) in [6.07, 6.45) is 2.26. The number of methoxy groups -OCH3 is 3. The number of benzene rings is 1. The van der Waals surface area contributed by atoms with Crippen molar-refractivity contribution in [2.75, 3.05) is 47.6 Å². The Hall–Kier alpha value is -2.72. The average molecular weight is 346 g/mol. The summed E-state index contributed by atoms with van der Waals surface area (Å²) in [5, 5.41) is 9.44. The molecule has 25 heavy (non-hydrogen) atoms. The fourth-order valence-electron chi connectivity index (χ4n) is 2.63. The lowest BCUT2D eigenvalue weighted by molar-refractivity contribution is 0.0590. The summed E-state index contributed by atoms with van der Waals surface area (Å²) >= 11 is 0. The molecule has 0 amide bonds. The van der Waals surface area contributed by atoms with Gasteiger partial charge in [-0.25, -0.2) is 4.79 Å². The Morgan fingerprint density at radius 1 is 1.24 bits per heavy atom. The summed E-state index contributed by atoms with van der Waals surface area (Å²) in [4.78, 5) is 14.0. The van der Waals surface area contributed by atoms with Gasteiger partial charge in [0, 0.05) is 31.3 Å². The Bertz CT molecular complexity index is 662. The van der Waals surface area contributed by atoms with Crippen molar-refractivity contribution in [2.24, 2.45) is 0 Å². The van der Waals surface area contributed by atoms with Crippen LogP contribution in [0.3, 0.4) is 0 Å². The molecule has 134 valence electrons. The maximum absolute atomic E-state index is 12.0. The van der Waals surface area contributed by atoms with E-state index in [1.54, 1.807) is 12.1 Å². The van der Waals surface area contributed by atoms with Crippen molar-refractivity contribution in [3.05, 3.63) is 35.0 Å². The lowest BCUT2D eigenvalue weighted by Crippen LogP contribution is -2.32. The summed E-state index contributed by atoms with van der Waals surface area (Å²) in [5.74, 6) is 0.166. The summed E-state index contributed by atoms with van der Waals surface area (Å²) < 4.78 is 20.7. The third-order valence-electron chi connectivity index (χ3n) is 3.88. The molecule has 1 saturated heterocycles. The standard InChI is InChI=1S/C18H22N2O5/c1-22-15-9-13(10-16(23-2)17(15)18(21)24-3)8-14(11-19)12-20-4-6-25-7-5-20/h9-10,12H,4-8H2,1-3H3. The zero-order valence-electron chi connectivity index (χ0n) is 14.7. The third-order valence-corrected chi connectivity index (χ3v) is 3.88. The second-order valence-corrected chi connectivity index (χ2v) is 5.46. The van der Waals surface area contributed by atoms with E-state index in [0.717, 1.165) is 18.7 Å². The van der Waals surface area contributed by atoms with Crippen molar-refractivity contribution in [3.8, 4) is 17.6 Å². The van der Waals surface area contributed by atoms with Gasteiger partial charge in [0.25, 0.3) is 0 Å². The first-order valence-electron chi connectivity index (χ1n) is 7.88. The van der Waals surface area contributed by atoms with Crippen LogP contribution in [0.4, 0.5) is 0 Å². The summed E-state index contributed by atoms with van der Waals surface area (Å²) in [5.41, 5.74) is 1.64. The van der Waals surface area contributed by atoms with Crippen molar-refractivity contribution in [1.29, 1.82) is 5.26 Å². The smallest absolute Gasteiger partial charge is 0.345 e. The molecule has 1 aromatic rings. The van der Waals surface area contributed by atoms with E-state index in [9.17, 15) is 10.1 Å². The molecule has 0 N–H and O–H groups in total. The van der Waals surface area contributed by atoms with Crippen molar-refractivity contribution in [2.45, 2.75) is 6.42 Å². The number of carbonyl (C=O) groups is 1. The highest BCUT2D eigenvalue weighted by Crippen LogP contribution is 2.32. The van der Waals surface area contributed by atoms with Gasteiger partial charge < -0.3 is 23.8 Å². The number of rotatable bonds is 6. The number of ether oxygens (including phenoxy) is 4. The van der Waals surface area contributed by atoms with E-state index in [4.69, 9.17) is 18.9 Å². The highest BCUT2D eigenvalue weighted by molar-refractivity contribution is 5.95. The molecule has 1 aromatic carbocycles. The molecule has 0 atom stereocenters. The molecule has 0 saturated carbocycles. The molecule has 0 spiro atoms. The van der Waals surface area contributed by atoms with Gasteiger partial charge in [0.2, 0.25) is 0 Å². The minimum absolute atomic E-state index is 0.229. The Labute approximate surface area is 147 Å². The summed E-state index contributed by atoms with van der Waals surface area (Å²) in [6.45, 7) is 2.84.